The Hall–Kier alpha value is -1.04. The third-order valence-electron chi connectivity index (χ3n) is 2.56. The maximum Gasteiger partial charge on any atom is 0.262 e. The third kappa shape index (κ3) is 3.29. The average Bonchev–Trinajstić information content (AvgIpc) is 2.33. The highest BCUT2D eigenvalue weighted by atomic mass is 79.9. The molecule has 2 aromatic carbocycles. The lowest BCUT2D eigenvalue weighted by Gasteiger charge is -2.11. The fourth-order valence-corrected chi connectivity index (χ4v) is 3.87. The zero-order valence-electron chi connectivity index (χ0n) is 10.0. The second-order valence-corrected chi connectivity index (χ2v) is 6.94. The summed E-state index contributed by atoms with van der Waals surface area (Å²) in [5.74, 6) is 0. The van der Waals surface area contributed by atoms with Crippen LogP contribution in [0.3, 0.4) is 0 Å². The topological polar surface area (TPSA) is 46.2 Å². The van der Waals surface area contributed by atoms with Crippen LogP contribution >= 0.6 is 27.5 Å². The smallest absolute Gasteiger partial charge is 0.262 e. The summed E-state index contributed by atoms with van der Waals surface area (Å²) in [7, 11) is -3.60. The van der Waals surface area contributed by atoms with Gasteiger partial charge in [0, 0.05) is 9.50 Å². The summed E-state index contributed by atoms with van der Waals surface area (Å²) in [6.45, 7) is 1.76. The minimum absolute atomic E-state index is 0.261. The van der Waals surface area contributed by atoms with Gasteiger partial charge in [0.25, 0.3) is 10.0 Å². The van der Waals surface area contributed by atoms with Crippen molar-refractivity contribution in [1.29, 1.82) is 0 Å². The number of hydrogen-bond donors (Lipinski definition) is 1. The van der Waals surface area contributed by atoms with Crippen molar-refractivity contribution in [2.24, 2.45) is 0 Å². The molecule has 0 spiro atoms. The van der Waals surface area contributed by atoms with Crippen molar-refractivity contribution in [3.8, 4) is 0 Å². The van der Waals surface area contributed by atoms with Gasteiger partial charge >= 0.3 is 0 Å². The first kappa shape index (κ1) is 14.4. The summed E-state index contributed by atoms with van der Waals surface area (Å²) in [5, 5.41) is 0.533. The van der Waals surface area contributed by atoms with Crippen LogP contribution in [0.4, 0.5) is 5.69 Å². The van der Waals surface area contributed by atoms with Crippen molar-refractivity contribution in [2.75, 3.05) is 4.72 Å². The van der Waals surface area contributed by atoms with E-state index in [-0.39, 0.29) is 4.90 Å². The van der Waals surface area contributed by atoms with E-state index in [2.05, 4.69) is 20.7 Å². The molecule has 0 radical (unpaired) electrons. The number of hydrogen-bond acceptors (Lipinski definition) is 2. The van der Waals surface area contributed by atoms with E-state index in [0.717, 1.165) is 0 Å². The van der Waals surface area contributed by atoms with Gasteiger partial charge in [-0.25, -0.2) is 8.42 Å². The molecule has 2 aromatic rings. The molecule has 0 aliphatic rings. The summed E-state index contributed by atoms with van der Waals surface area (Å²) in [6.07, 6.45) is 0. The number of halogens is 2. The molecule has 0 saturated heterocycles. The van der Waals surface area contributed by atoms with E-state index < -0.39 is 10.0 Å². The first-order chi connectivity index (χ1) is 8.90. The zero-order valence-corrected chi connectivity index (χ0v) is 13.2. The van der Waals surface area contributed by atoms with Crippen LogP contribution in [0.5, 0.6) is 0 Å². The molecule has 0 amide bonds. The van der Waals surface area contributed by atoms with E-state index in [1.54, 1.807) is 49.4 Å². The molecule has 0 saturated carbocycles. The Morgan fingerprint density at radius 1 is 1.16 bits per heavy atom. The van der Waals surface area contributed by atoms with Crippen LogP contribution in [-0.4, -0.2) is 8.42 Å². The molecule has 1 N–H and O–H groups in total. The Labute approximate surface area is 125 Å². The third-order valence-corrected chi connectivity index (χ3v) is 4.98. The van der Waals surface area contributed by atoms with E-state index in [0.29, 0.717) is 20.7 Å². The first-order valence-electron chi connectivity index (χ1n) is 5.43. The predicted molar refractivity (Wildman–Crippen MR) is 81.1 cm³/mol. The van der Waals surface area contributed by atoms with E-state index in [1.807, 2.05) is 0 Å². The quantitative estimate of drug-likeness (QED) is 0.891. The largest absolute Gasteiger partial charge is 0.278 e. The SMILES string of the molecule is Cc1ccccc1S(=O)(=O)Nc1ccc(Cl)cc1Br. The maximum atomic E-state index is 12.3. The molecule has 100 valence electrons. The van der Waals surface area contributed by atoms with Crippen molar-refractivity contribution in [3.05, 3.63) is 57.5 Å². The van der Waals surface area contributed by atoms with Crippen LogP contribution in [0, 0.1) is 6.92 Å². The van der Waals surface area contributed by atoms with Gasteiger partial charge in [0.05, 0.1) is 10.6 Å². The van der Waals surface area contributed by atoms with Crippen LogP contribution in [-0.2, 0) is 10.0 Å². The number of aryl methyl sites for hydroxylation is 1. The lowest BCUT2D eigenvalue weighted by Crippen LogP contribution is -2.14. The Morgan fingerprint density at radius 3 is 2.47 bits per heavy atom. The molecular weight excluding hydrogens is 350 g/mol. The molecule has 0 bridgehead atoms. The predicted octanol–water partition coefficient (Wildman–Crippen LogP) is 4.21. The Balaban J connectivity index is 2.40. The van der Waals surface area contributed by atoms with Crippen LogP contribution in [0.2, 0.25) is 5.02 Å². The Bertz CT molecular complexity index is 716. The lowest BCUT2D eigenvalue weighted by atomic mass is 10.2. The summed E-state index contributed by atoms with van der Waals surface area (Å²) < 4.78 is 27.7. The molecule has 0 aliphatic heterocycles. The highest BCUT2D eigenvalue weighted by Gasteiger charge is 2.17. The number of rotatable bonds is 3. The maximum absolute atomic E-state index is 12.3. The van der Waals surface area contributed by atoms with Gasteiger partial charge in [-0.05, 0) is 52.7 Å². The van der Waals surface area contributed by atoms with Gasteiger partial charge in [-0.2, -0.15) is 0 Å². The minimum atomic E-state index is -3.60. The first-order valence-corrected chi connectivity index (χ1v) is 8.09. The summed E-state index contributed by atoms with van der Waals surface area (Å²) >= 11 is 9.10. The molecular formula is C13H11BrClNO2S. The van der Waals surface area contributed by atoms with E-state index in [9.17, 15) is 8.42 Å². The second-order valence-electron chi connectivity index (χ2n) is 4.00. The number of anilines is 1. The highest BCUT2D eigenvalue weighted by molar-refractivity contribution is 9.10. The summed E-state index contributed by atoms with van der Waals surface area (Å²) in [6, 6.07) is 11.7. The fraction of sp³-hybridized carbons (Fsp3) is 0.0769. The molecule has 0 fully saturated rings. The average molecular weight is 361 g/mol. The fourth-order valence-electron chi connectivity index (χ4n) is 1.63. The molecule has 19 heavy (non-hydrogen) atoms. The monoisotopic (exact) mass is 359 g/mol. The van der Waals surface area contributed by atoms with Crippen LogP contribution < -0.4 is 4.72 Å². The lowest BCUT2D eigenvalue weighted by molar-refractivity contribution is 0.600. The van der Waals surface area contributed by atoms with Gasteiger partial charge in [-0.1, -0.05) is 29.8 Å². The standard InChI is InChI=1S/C13H11BrClNO2S/c1-9-4-2-3-5-13(9)19(17,18)16-12-7-6-10(15)8-11(12)14/h2-8,16H,1H3. The molecule has 2 rings (SSSR count). The van der Waals surface area contributed by atoms with Crippen molar-refractivity contribution in [3.63, 3.8) is 0 Å². The van der Waals surface area contributed by atoms with Gasteiger partial charge in [0.1, 0.15) is 0 Å². The van der Waals surface area contributed by atoms with Gasteiger partial charge in [0.2, 0.25) is 0 Å². The molecule has 0 aliphatic carbocycles. The molecule has 0 aromatic heterocycles. The van der Waals surface area contributed by atoms with Crippen LogP contribution in [0.15, 0.2) is 51.8 Å². The highest BCUT2D eigenvalue weighted by Crippen LogP contribution is 2.28. The minimum Gasteiger partial charge on any atom is -0.278 e. The van der Waals surface area contributed by atoms with Crippen molar-refractivity contribution >= 4 is 43.2 Å². The van der Waals surface area contributed by atoms with E-state index in [1.165, 1.54) is 0 Å². The van der Waals surface area contributed by atoms with E-state index >= 15 is 0 Å². The number of nitrogens with one attached hydrogen (secondary N) is 1. The molecule has 6 heteroatoms. The van der Waals surface area contributed by atoms with Crippen LogP contribution in [0.25, 0.3) is 0 Å². The van der Waals surface area contributed by atoms with Gasteiger partial charge < -0.3 is 0 Å². The molecule has 0 heterocycles. The molecule has 0 atom stereocenters. The summed E-state index contributed by atoms with van der Waals surface area (Å²) in [4.78, 5) is 0.261. The van der Waals surface area contributed by atoms with Gasteiger partial charge in [-0.15, -0.1) is 0 Å². The van der Waals surface area contributed by atoms with Gasteiger partial charge in [0.15, 0.2) is 0 Å². The van der Waals surface area contributed by atoms with E-state index in [4.69, 9.17) is 11.6 Å². The number of sulfonamides is 1. The van der Waals surface area contributed by atoms with Crippen molar-refractivity contribution < 1.29 is 8.42 Å². The molecule has 0 unspecified atom stereocenters. The van der Waals surface area contributed by atoms with Gasteiger partial charge in [-0.3, -0.25) is 4.72 Å². The van der Waals surface area contributed by atoms with Crippen molar-refractivity contribution in [2.45, 2.75) is 11.8 Å². The van der Waals surface area contributed by atoms with Crippen LogP contribution in [0.1, 0.15) is 5.56 Å². The summed E-state index contributed by atoms with van der Waals surface area (Å²) in [5.41, 5.74) is 1.15. The molecule has 3 nitrogen and oxygen atoms in total. The normalized spacial score (nSPS) is 11.3. The van der Waals surface area contributed by atoms with Crippen molar-refractivity contribution in [1.82, 2.24) is 0 Å². The Kier molecular flexibility index (Phi) is 4.18. The second kappa shape index (κ2) is 5.53. The number of benzene rings is 2. The Morgan fingerprint density at radius 2 is 1.84 bits per heavy atom. The zero-order chi connectivity index (χ0) is 14.0.